The molecule has 7 nitrogen and oxygen atoms in total. The summed E-state index contributed by atoms with van der Waals surface area (Å²) in [7, 11) is 2.78. The molecule has 0 fully saturated rings. The summed E-state index contributed by atoms with van der Waals surface area (Å²) in [5, 5.41) is 39.7. The lowest BCUT2D eigenvalue weighted by molar-refractivity contribution is 0.172. The van der Waals surface area contributed by atoms with E-state index in [-0.39, 0.29) is 45.8 Å². The summed E-state index contributed by atoms with van der Waals surface area (Å²) in [5.74, 6) is -0.176. The highest BCUT2D eigenvalue weighted by Crippen LogP contribution is 2.45. The average Bonchev–Trinajstić information content (AvgIpc) is 2.55. The quantitative estimate of drug-likeness (QED) is 0.684. The first-order chi connectivity index (χ1) is 11.4. The van der Waals surface area contributed by atoms with Gasteiger partial charge in [-0.3, -0.25) is 0 Å². The van der Waals surface area contributed by atoms with Crippen LogP contribution < -0.4 is 14.2 Å². The molecule has 24 heavy (non-hydrogen) atoms. The Morgan fingerprint density at radius 2 is 1.54 bits per heavy atom. The van der Waals surface area contributed by atoms with Gasteiger partial charge in [-0.05, 0) is 18.2 Å². The van der Waals surface area contributed by atoms with Crippen molar-refractivity contribution in [3.8, 4) is 34.5 Å². The molecule has 1 aliphatic rings. The maximum Gasteiger partial charge on any atom is 0.200 e. The largest absolute Gasteiger partial charge is 0.508 e. The summed E-state index contributed by atoms with van der Waals surface area (Å²) < 4.78 is 15.9. The van der Waals surface area contributed by atoms with Crippen LogP contribution in [0.4, 0.5) is 0 Å². The van der Waals surface area contributed by atoms with Crippen molar-refractivity contribution in [1.82, 2.24) is 0 Å². The van der Waals surface area contributed by atoms with E-state index in [1.165, 1.54) is 38.5 Å². The fraction of sp³-hybridized carbons (Fsp3) is 0.176. The summed E-state index contributed by atoms with van der Waals surface area (Å²) in [4.78, 5) is 0. The zero-order valence-electron chi connectivity index (χ0n) is 13.0. The maximum atomic E-state index is 10.3. The van der Waals surface area contributed by atoms with Crippen LogP contribution in [0, 0.1) is 0 Å². The van der Waals surface area contributed by atoms with Crippen LogP contribution in [-0.2, 0) is 0 Å². The highest BCUT2D eigenvalue weighted by atomic mass is 16.5. The number of hydrogen-bond acceptors (Lipinski definition) is 7. The van der Waals surface area contributed by atoms with Gasteiger partial charge in [0, 0.05) is 17.7 Å². The summed E-state index contributed by atoms with van der Waals surface area (Å²) in [6, 6.07) is 5.49. The first-order valence-electron chi connectivity index (χ1n) is 7.02. The lowest BCUT2D eigenvalue weighted by Crippen LogP contribution is -2.15. The number of fused-ring (bicyclic) bond motifs is 1. The van der Waals surface area contributed by atoms with Crippen LogP contribution in [0.5, 0.6) is 34.5 Å². The van der Waals surface area contributed by atoms with Crippen molar-refractivity contribution in [3.05, 3.63) is 41.2 Å². The zero-order chi connectivity index (χ0) is 17.4. The number of phenols is 3. The number of aromatic hydroxyl groups is 3. The van der Waals surface area contributed by atoms with Gasteiger partial charge < -0.3 is 34.6 Å². The molecule has 0 saturated carbocycles. The van der Waals surface area contributed by atoms with Gasteiger partial charge in [-0.1, -0.05) is 0 Å². The molecule has 0 saturated heterocycles. The second-order valence-electron chi connectivity index (χ2n) is 5.22. The molecule has 1 atom stereocenters. The van der Waals surface area contributed by atoms with Crippen LogP contribution in [0.25, 0.3) is 6.08 Å². The molecule has 2 aromatic rings. The SMILES string of the molecule is COc1cc(C2Oc3cc(O)cc(O)c3C=C2O)cc(OC)c1O. The molecule has 1 aliphatic heterocycles. The van der Waals surface area contributed by atoms with Crippen molar-refractivity contribution in [1.29, 1.82) is 0 Å². The van der Waals surface area contributed by atoms with Gasteiger partial charge in [0.2, 0.25) is 5.75 Å². The molecular formula is C17H16O7. The van der Waals surface area contributed by atoms with E-state index < -0.39 is 6.10 Å². The summed E-state index contributed by atoms with van der Waals surface area (Å²) in [5.41, 5.74) is 0.725. The molecule has 0 aliphatic carbocycles. The molecule has 0 spiro atoms. The second kappa shape index (κ2) is 5.77. The Bertz CT molecular complexity index is 801. The zero-order valence-corrected chi connectivity index (χ0v) is 13.0. The number of hydrogen-bond donors (Lipinski definition) is 4. The fourth-order valence-corrected chi connectivity index (χ4v) is 2.56. The normalized spacial score (nSPS) is 15.9. The van der Waals surface area contributed by atoms with E-state index in [2.05, 4.69) is 0 Å². The summed E-state index contributed by atoms with van der Waals surface area (Å²) in [6.45, 7) is 0. The van der Waals surface area contributed by atoms with Crippen LogP contribution >= 0.6 is 0 Å². The van der Waals surface area contributed by atoms with Crippen molar-refractivity contribution in [2.24, 2.45) is 0 Å². The Balaban J connectivity index is 2.09. The molecule has 126 valence electrons. The van der Waals surface area contributed by atoms with Gasteiger partial charge >= 0.3 is 0 Å². The second-order valence-corrected chi connectivity index (χ2v) is 5.22. The monoisotopic (exact) mass is 332 g/mol. The highest BCUT2D eigenvalue weighted by Gasteiger charge is 2.28. The maximum absolute atomic E-state index is 10.3. The minimum atomic E-state index is -0.915. The Labute approximate surface area is 137 Å². The van der Waals surface area contributed by atoms with Crippen molar-refractivity contribution in [2.75, 3.05) is 14.2 Å². The average molecular weight is 332 g/mol. The van der Waals surface area contributed by atoms with Gasteiger partial charge in [-0.15, -0.1) is 0 Å². The van der Waals surface area contributed by atoms with Crippen molar-refractivity contribution >= 4 is 6.08 Å². The molecule has 0 radical (unpaired) electrons. The van der Waals surface area contributed by atoms with E-state index in [1.807, 2.05) is 0 Å². The number of aliphatic hydroxyl groups excluding tert-OH is 1. The number of methoxy groups -OCH3 is 2. The molecule has 7 heteroatoms. The molecule has 1 heterocycles. The third-order valence-corrected chi connectivity index (χ3v) is 3.72. The molecule has 3 rings (SSSR count). The van der Waals surface area contributed by atoms with Crippen LogP contribution in [0.3, 0.4) is 0 Å². The molecule has 4 N–H and O–H groups in total. The number of ether oxygens (including phenoxy) is 3. The van der Waals surface area contributed by atoms with Gasteiger partial charge in [0.15, 0.2) is 17.6 Å². The lowest BCUT2D eigenvalue weighted by Gasteiger charge is -2.25. The fourth-order valence-electron chi connectivity index (χ4n) is 2.56. The third-order valence-electron chi connectivity index (χ3n) is 3.72. The molecule has 0 bridgehead atoms. The third kappa shape index (κ3) is 2.50. The predicted molar refractivity (Wildman–Crippen MR) is 85.0 cm³/mol. The standard InChI is InChI=1S/C17H16O7/c1-22-14-3-8(4-15(23-2)16(14)21)17-12(20)7-10-11(19)5-9(18)6-13(10)24-17/h3-7,17-21H,1-2H3. The topological polar surface area (TPSA) is 109 Å². The predicted octanol–water partition coefficient (Wildman–Crippen LogP) is 2.85. The minimum absolute atomic E-state index is 0.154. The Morgan fingerprint density at radius 1 is 0.917 bits per heavy atom. The van der Waals surface area contributed by atoms with Gasteiger partial charge in [0.1, 0.15) is 23.0 Å². The van der Waals surface area contributed by atoms with E-state index in [9.17, 15) is 20.4 Å². The van der Waals surface area contributed by atoms with Crippen LogP contribution in [-0.4, -0.2) is 34.6 Å². The van der Waals surface area contributed by atoms with E-state index in [4.69, 9.17) is 14.2 Å². The number of benzene rings is 2. The first-order valence-corrected chi connectivity index (χ1v) is 7.02. The van der Waals surface area contributed by atoms with Crippen molar-refractivity contribution in [3.63, 3.8) is 0 Å². The van der Waals surface area contributed by atoms with Crippen molar-refractivity contribution in [2.45, 2.75) is 6.10 Å². The van der Waals surface area contributed by atoms with Gasteiger partial charge in [0.05, 0.1) is 19.8 Å². The Morgan fingerprint density at radius 3 is 2.12 bits per heavy atom. The number of rotatable bonds is 3. The van der Waals surface area contributed by atoms with E-state index in [0.29, 0.717) is 5.56 Å². The minimum Gasteiger partial charge on any atom is -0.508 e. The molecule has 0 aromatic heterocycles. The molecule has 1 unspecified atom stereocenters. The van der Waals surface area contributed by atoms with E-state index >= 15 is 0 Å². The summed E-state index contributed by atoms with van der Waals surface area (Å²) in [6.07, 6.45) is 0.437. The highest BCUT2D eigenvalue weighted by molar-refractivity contribution is 5.69. The Hall–Kier alpha value is -3.22. The number of phenolic OH excluding ortho intramolecular Hbond substituents is 3. The van der Waals surface area contributed by atoms with Gasteiger partial charge in [-0.25, -0.2) is 0 Å². The molecular weight excluding hydrogens is 316 g/mol. The smallest absolute Gasteiger partial charge is 0.200 e. The van der Waals surface area contributed by atoms with Crippen LogP contribution in [0.2, 0.25) is 0 Å². The van der Waals surface area contributed by atoms with E-state index in [0.717, 1.165) is 6.07 Å². The number of aliphatic hydroxyl groups is 1. The molecule has 0 amide bonds. The van der Waals surface area contributed by atoms with Crippen molar-refractivity contribution < 1.29 is 34.6 Å². The van der Waals surface area contributed by atoms with E-state index in [1.54, 1.807) is 0 Å². The lowest BCUT2D eigenvalue weighted by atomic mass is 10.0. The molecule has 2 aromatic carbocycles. The van der Waals surface area contributed by atoms with Gasteiger partial charge in [-0.2, -0.15) is 0 Å². The van der Waals surface area contributed by atoms with Crippen LogP contribution in [0.1, 0.15) is 17.2 Å². The van der Waals surface area contributed by atoms with Crippen LogP contribution in [0.15, 0.2) is 30.0 Å². The summed E-state index contributed by atoms with van der Waals surface area (Å²) >= 11 is 0. The first kappa shape index (κ1) is 15.7. The Kier molecular flexibility index (Phi) is 3.76. The van der Waals surface area contributed by atoms with Gasteiger partial charge in [0.25, 0.3) is 0 Å².